The van der Waals surface area contributed by atoms with Gasteiger partial charge < -0.3 is 10.2 Å². The van der Waals surface area contributed by atoms with Gasteiger partial charge in [0.15, 0.2) is 0 Å². The number of hydrogen-bond acceptors (Lipinski definition) is 2. The predicted molar refractivity (Wildman–Crippen MR) is 73.5 cm³/mol. The van der Waals surface area contributed by atoms with Crippen molar-refractivity contribution in [2.75, 3.05) is 26.7 Å². The molecule has 1 heterocycles. The first-order valence-electron chi connectivity index (χ1n) is 6.64. The van der Waals surface area contributed by atoms with E-state index in [0.717, 1.165) is 13.1 Å². The third kappa shape index (κ3) is 3.30. The smallest absolute Gasteiger partial charge is 0.0221 e. The Morgan fingerprint density at radius 1 is 1.29 bits per heavy atom. The van der Waals surface area contributed by atoms with Crippen molar-refractivity contribution in [1.29, 1.82) is 0 Å². The summed E-state index contributed by atoms with van der Waals surface area (Å²) < 4.78 is 0. The molecule has 0 aromatic heterocycles. The number of nitrogens with one attached hydrogen (secondary N) is 1. The van der Waals surface area contributed by atoms with E-state index in [-0.39, 0.29) is 0 Å². The van der Waals surface area contributed by atoms with Crippen LogP contribution < -0.4 is 5.32 Å². The Labute approximate surface area is 105 Å². The zero-order valence-electron chi connectivity index (χ0n) is 11.3. The van der Waals surface area contributed by atoms with Gasteiger partial charge in [-0.2, -0.15) is 0 Å². The highest BCUT2D eigenvalue weighted by Gasteiger charge is 2.17. The van der Waals surface area contributed by atoms with Crippen molar-refractivity contribution >= 4 is 0 Å². The molecule has 1 aromatic carbocycles. The van der Waals surface area contributed by atoms with Gasteiger partial charge in [0.1, 0.15) is 0 Å². The first-order chi connectivity index (χ1) is 8.16. The summed E-state index contributed by atoms with van der Waals surface area (Å²) in [6.07, 6.45) is 2.45. The number of aryl methyl sites for hydroxylation is 3. The van der Waals surface area contributed by atoms with Gasteiger partial charge >= 0.3 is 0 Å². The van der Waals surface area contributed by atoms with E-state index >= 15 is 0 Å². The van der Waals surface area contributed by atoms with Crippen LogP contribution in [-0.2, 0) is 6.42 Å². The lowest BCUT2D eigenvalue weighted by atomic mass is 10.00. The van der Waals surface area contributed by atoms with E-state index < -0.39 is 0 Å². The van der Waals surface area contributed by atoms with Crippen LogP contribution in [0.15, 0.2) is 18.2 Å². The molecular formula is C15H24N2. The van der Waals surface area contributed by atoms with Crippen LogP contribution in [0.2, 0.25) is 0 Å². The molecule has 0 spiro atoms. The van der Waals surface area contributed by atoms with Crippen molar-refractivity contribution in [2.45, 2.75) is 32.7 Å². The fraction of sp³-hybridized carbons (Fsp3) is 0.600. The first-order valence-corrected chi connectivity index (χ1v) is 6.64. The van der Waals surface area contributed by atoms with Crippen LogP contribution in [-0.4, -0.2) is 37.6 Å². The summed E-state index contributed by atoms with van der Waals surface area (Å²) in [5.41, 5.74) is 4.29. The number of rotatable bonds is 3. The standard InChI is InChI=1S/C15H24N2/c1-12-4-5-14(10-13(12)2)6-7-15-11-16-8-9-17(15)3/h4-5,10,15-16H,6-9,11H2,1-3H3. The Bertz CT molecular complexity index is 373. The number of hydrogen-bond donors (Lipinski definition) is 1. The normalized spacial score (nSPS) is 21.7. The van der Waals surface area contributed by atoms with Crippen LogP contribution >= 0.6 is 0 Å². The Morgan fingerprint density at radius 2 is 2.12 bits per heavy atom. The largest absolute Gasteiger partial charge is 0.314 e. The minimum atomic E-state index is 0.699. The molecule has 0 saturated carbocycles. The second kappa shape index (κ2) is 5.65. The fourth-order valence-electron chi connectivity index (χ4n) is 2.48. The summed E-state index contributed by atoms with van der Waals surface area (Å²) >= 11 is 0. The van der Waals surface area contributed by atoms with Crippen LogP contribution in [0.1, 0.15) is 23.1 Å². The van der Waals surface area contributed by atoms with Crippen molar-refractivity contribution in [3.63, 3.8) is 0 Å². The summed E-state index contributed by atoms with van der Waals surface area (Å²) in [6, 6.07) is 7.56. The van der Waals surface area contributed by atoms with Crippen molar-refractivity contribution < 1.29 is 0 Å². The van der Waals surface area contributed by atoms with E-state index in [1.807, 2.05) is 0 Å². The van der Waals surface area contributed by atoms with Crippen molar-refractivity contribution in [2.24, 2.45) is 0 Å². The van der Waals surface area contributed by atoms with Crippen molar-refractivity contribution in [1.82, 2.24) is 10.2 Å². The number of nitrogens with zero attached hydrogens (tertiary/aromatic N) is 1. The Hall–Kier alpha value is -0.860. The van der Waals surface area contributed by atoms with E-state index in [2.05, 4.69) is 49.3 Å². The van der Waals surface area contributed by atoms with Crippen LogP contribution in [0.25, 0.3) is 0 Å². The lowest BCUT2D eigenvalue weighted by Crippen LogP contribution is -2.49. The molecule has 1 atom stereocenters. The second-order valence-corrected chi connectivity index (χ2v) is 5.30. The molecule has 0 radical (unpaired) electrons. The van der Waals surface area contributed by atoms with Gasteiger partial charge in [0.25, 0.3) is 0 Å². The Morgan fingerprint density at radius 3 is 2.82 bits per heavy atom. The maximum Gasteiger partial charge on any atom is 0.0221 e. The van der Waals surface area contributed by atoms with E-state index in [0.29, 0.717) is 6.04 Å². The van der Waals surface area contributed by atoms with Crippen LogP contribution in [0.4, 0.5) is 0 Å². The first kappa shape index (κ1) is 12.6. The maximum absolute atomic E-state index is 3.48. The van der Waals surface area contributed by atoms with Crippen molar-refractivity contribution in [3.05, 3.63) is 34.9 Å². The fourth-order valence-corrected chi connectivity index (χ4v) is 2.48. The van der Waals surface area contributed by atoms with Gasteiger partial charge in [-0.15, -0.1) is 0 Å². The average molecular weight is 232 g/mol. The molecule has 1 saturated heterocycles. The van der Waals surface area contributed by atoms with Crippen LogP contribution in [0, 0.1) is 13.8 Å². The van der Waals surface area contributed by atoms with E-state index in [1.54, 1.807) is 0 Å². The van der Waals surface area contributed by atoms with Gasteiger partial charge in [-0.3, -0.25) is 0 Å². The predicted octanol–water partition coefficient (Wildman–Crippen LogP) is 2.14. The lowest BCUT2D eigenvalue weighted by Gasteiger charge is -2.33. The Balaban J connectivity index is 1.90. The maximum atomic E-state index is 3.48. The summed E-state index contributed by atoms with van der Waals surface area (Å²) in [4.78, 5) is 2.48. The quantitative estimate of drug-likeness (QED) is 0.859. The highest BCUT2D eigenvalue weighted by molar-refractivity contribution is 5.30. The molecule has 1 aromatic rings. The molecule has 1 aliphatic heterocycles. The number of likely N-dealkylation sites (N-methyl/N-ethyl adjacent to an activating group) is 1. The summed E-state index contributed by atoms with van der Waals surface area (Å²) in [5, 5.41) is 3.48. The molecule has 0 amide bonds. The summed E-state index contributed by atoms with van der Waals surface area (Å²) in [7, 11) is 2.24. The number of benzene rings is 1. The summed E-state index contributed by atoms with van der Waals surface area (Å²) in [6.45, 7) is 7.83. The van der Waals surface area contributed by atoms with Crippen LogP contribution in [0.3, 0.4) is 0 Å². The molecule has 2 rings (SSSR count). The highest BCUT2D eigenvalue weighted by atomic mass is 15.2. The molecule has 94 valence electrons. The van der Waals surface area contributed by atoms with Gasteiger partial charge in [-0.1, -0.05) is 18.2 Å². The average Bonchev–Trinajstić information content (AvgIpc) is 2.32. The zero-order chi connectivity index (χ0) is 12.3. The second-order valence-electron chi connectivity index (χ2n) is 5.30. The third-order valence-electron chi connectivity index (χ3n) is 3.98. The summed E-state index contributed by atoms with van der Waals surface area (Å²) in [5.74, 6) is 0. The molecule has 1 aliphatic rings. The minimum absolute atomic E-state index is 0.699. The monoisotopic (exact) mass is 232 g/mol. The molecule has 1 fully saturated rings. The third-order valence-corrected chi connectivity index (χ3v) is 3.98. The minimum Gasteiger partial charge on any atom is -0.314 e. The molecule has 2 nitrogen and oxygen atoms in total. The Kier molecular flexibility index (Phi) is 4.19. The SMILES string of the molecule is Cc1ccc(CCC2CNCCN2C)cc1C. The molecule has 0 aliphatic carbocycles. The van der Waals surface area contributed by atoms with E-state index in [4.69, 9.17) is 0 Å². The molecule has 1 N–H and O–H groups in total. The van der Waals surface area contributed by atoms with Gasteiger partial charge in [0, 0.05) is 25.7 Å². The van der Waals surface area contributed by atoms with Gasteiger partial charge in [0.2, 0.25) is 0 Å². The lowest BCUT2D eigenvalue weighted by molar-refractivity contribution is 0.191. The van der Waals surface area contributed by atoms with Gasteiger partial charge in [-0.05, 0) is 50.4 Å². The van der Waals surface area contributed by atoms with E-state index in [1.165, 1.54) is 36.1 Å². The highest BCUT2D eigenvalue weighted by Crippen LogP contribution is 2.14. The van der Waals surface area contributed by atoms with E-state index in [9.17, 15) is 0 Å². The molecular weight excluding hydrogens is 208 g/mol. The van der Waals surface area contributed by atoms with Crippen molar-refractivity contribution in [3.8, 4) is 0 Å². The van der Waals surface area contributed by atoms with Gasteiger partial charge in [-0.25, -0.2) is 0 Å². The number of piperazine rings is 1. The molecule has 2 heteroatoms. The van der Waals surface area contributed by atoms with Crippen LogP contribution in [0.5, 0.6) is 0 Å². The van der Waals surface area contributed by atoms with Gasteiger partial charge in [0.05, 0.1) is 0 Å². The zero-order valence-corrected chi connectivity index (χ0v) is 11.3. The molecule has 1 unspecified atom stereocenters. The topological polar surface area (TPSA) is 15.3 Å². The molecule has 17 heavy (non-hydrogen) atoms. The molecule has 0 bridgehead atoms.